The SMILES string of the molecule is C=CCCNc1cc(F)c(Br)cc1F. The van der Waals surface area contributed by atoms with Gasteiger partial charge in [0.1, 0.15) is 11.6 Å². The topological polar surface area (TPSA) is 12.0 Å². The summed E-state index contributed by atoms with van der Waals surface area (Å²) in [5.41, 5.74) is 0.174. The molecule has 0 aromatic heterocycles. The van der Waals surface area contributed by atoms with Crippen molar-refractivity contribution in [3.8, 4) is 0 Å². The highest BCUT2D eigenvalue weighted by Gasteiger charge is 2.06. The van der Waals surface area contributed by atoms with Crippen LogP contribution in [0.25, 0.3) is 0 Å². The second-order valence-electron chi connectivity index (χ2n) is 2.75. The van der Waals surface area contributed by atoms with Gasteiger partial charge in [-0.1, -0.05) is 6.08 Å². The molecule has 14 heavy (non-hydrogen) atoms. The average Bonchev–Trinajstić information content (AvgIpc) is 2.14. The molecule has 0 saturated carbocycles. The van der Waals surface area contributed by atoms with Gasteiger partial charge in [0.25, 0.3) is 0 Å². The Morgan fingerprint density at radius 2 is 2.07 bits per heavy atom. The molecule has 0 aliphatic carbocycles. The molecule has 0 atom stereocenters. The van der Waals surface area contributed by atoms with Crippen LogP contribution in [0.3, 0.4) is 0 Å². The summed E-state index contributed by atoms with van der Waals surface area (Å²) < 4.78 is 26.3. The Bertz CT molecular complexity index is 339. The lowest BCUT2D eigenvalue weighted by atomic mass is 10.3. The fraction of sp³-hybridized carbons (Fsp3) is 0.200. The Hall–Kier alpha value is -0.900. The first-order valence-corrected chi connectivity index (χ1v) is 4.93. The summed E-state index contributed by atoms with van der Waals surface area (Å²) in [4.78, 5) is 0. The Kier molecular flexibility index (Phi) is 4.07. The normalized spacial score (nSPS) is 9.93. The first-order chi connectivity index (χ1) is 6.65. The van der Waals surface area contributed by atoms with E-state index in [0.717, 1.165) is 12.1 Å². The van der Waals surface area contributed by atoms with Crippen molar-refractivity contribution < 1.29 is 8.78 Å². The Morgan fingerprint density at radius 1 is 1.36 bits per heavy atom. The van der Waals surface area contributed by atoms with Gasteiger partial charge in [-0.05, 0) is 28.4 Å². The van der Waals surface area contributed by atoms with Crippen LogP contribution in [0.15, 0.2) is 29.3 Å². The predicted molar refractivity (Wildman–Crippen MR) is 57.4 cm³/mol. The number of benzene rings is 1. The first-order valence-electron chi connectivity index (χ1n) is 4.14. The van der Waals surface area contributed by atoms with Gasteiger partial charge >= 0.3 is 0 Å². The standard InChI is InChI=1S/C10H10BrF2N/c1-2-3-4-14-10-6-8(12)7(11)5-9(10)13/h2,5-6,14H,1,3-4H2. The van der Waals surface area contributed by atoms with Gasteiger partial charge < -0.3 is 5.32 Å². The largest absolute Gasteiger partial charge is 0.382 e. The van der Waals surface area contributed by atoms with Crippen molar-refractivity contribution in [1.82, 2.24) is 0 Å². The minimum Gasteiger partial charge on any atom is -0.382 e. The number of halogens is 3. The van der Waals surface area contributed by atoms with E-state index in [1.54, 1.807) is 6.08 Å². The minimum absolute atomic E-state index is 0.129. The average molecular weight is 262 g/mol. The molecule has 1 rings (SSSR count). The van der Waals surface area contributed by atoms with E-state index >= 15 is 0 Å². The molecule has 0 heterocycles. The van der Waals surface area contributed by atoms with Crippen molar-refractivity contribution in [3.05, 3.63) is 40.9 Å². The fourth-order valence-corrected chi connectivity index (χ4v) is 1.28. The lowest BCUT2D eigenvalue weighted by Crippen LogP contribution is -2.02. The highest BCUT2D eigenvalue weighted by molar-refractivity contribution is 9.10. The van der Waals surface area contributed by atoms with E-state index in [2.05, 4.69) is 27.8 Å². The van der Waals surface area contributed by atoms with Gasteiger partial charge in [0.2, 0.25) is 0 Å². The molecule has 1 aromatic carbocycles. The summed E-state index contributed by atoms with van der Waals surface area (Å²) in [7, 11) is 0. The van der Waals surface area contributed by atoms with Gasteiger partial charge in [0.05, 0.1) is 10.2 Å². The van der Waals surface area contributed by atoms with Crippen molar-refractivity contribution >= 4 is 21.6 Å². The van der Waals surface area contributed by atoms with Gasteiger partial charge in [0, 0.05) is 12.6 Å². The molecular weight excluding hydrogens is 252 g/mol. The van der Waals surface area contributed by atoms with E-state index in [-0.39, 0.29) is 10.2 Å². The summed E-state index contributed by atoms with van der Waals surface area (Å²) in [6, 6.07) is 2.23. The van der Waals surface area contributed by atoms with Crippen molar-refractivity contribution in [2.45, 2.75) is 6.42 Å². The highest BCUT2D eigenvalue weighted by Crippen LogP contribution is 2.23. The van der Waals surface area contributed by atoms with Gasteiger partial charge in [0.15, 0.2) is 0 Å². The molecular formula is C10H10BrF2N. The maximum Gasteiger partial charge on any atom is 0.147 e. The lowest BCUT2D eigenvalue weighted by molar-refractivity contribution is 0.596. The Morgan fingerprint density at radius 3 is 2.71 bits per heavy atom. The van der Waals surface area contributed by atoms with E-state index in [1.165, 1.54) is 0 Å². The second-order valence-corrected chi connectivity index (χ2v) is 3.60. The van der Waals surface area contributed by atoms with E-state index in [9.17, 15) is 8.78 Å². The zero-order valence-electron chi connectivity index (χ0n) is 7.49. The summed E-state index contributed by atoms with van der Waals surface area (Å²) in [5.74, 6) is -0.949. The monoisotopic (exact) mass is 261 g/mol. The number of anilines is 1. The summed E-state index contributed by atoms with van der Waals surface area (Å²) >= 11 is 2.90. The molecule has 0 fully saturated rings. The van der Waals surface area contributed by atoms with E-state index in [1.807, 2.05) is 0 Å². The van der Waals surface area contributed by atoms with Gasteiger partial charge in [-0.15, -0.1) is 6.58 Å². The second kappa shape index (κ2) is 5.10. The fourth-order valence-electron chi connectivity index (χ4n) is 0.967. The van der Waals surface area contributed by atoms with E-state index < -0.39 is 11.6 Å². The van der Waals surface area contributed by atoms with Crippen LogP contribution in [0, 0.1) is 11.6 Å². The predicted octanol–water partition coefficient (Wildman–Crippen LogP) is 3.72. The third-order valence-electron chi connectivity index (χ3n) is 1.67. The molecule has 0 bridgehead atoms. The third kappa shape index (κ3) is 2.80. The molecule has 76 valence electrons. The minimum atomic E-state index is -0.479. The molecule has 0 unspecified atom stereocenters. The third-order valence-corrected chi connectivity index (χ3v) is 2.28. The summed E-state index contributed by atoms with van der Waals surface area (Å²) in [6.45, 7) is 4.07. The van der Waals surface area contributed by atoms with E-state index in [0.29, 0.717) is 13.0 Å². The van der Waals surface area contributed by atoms with Crippen molar-refractivity contribution in [1.29, 1.82) is 0 Å². The molecule has 1 N–H and O–H groups in total. The van der Waals surface area contributed by atoms with Crippen LogP contribution in [0.1, 0.15) is 6.42 Å². The molecule has 4 heteroatoms. The zero-order valence-corrected chi connectivity index (χ0v) is 9.07. The van der Waals surface area contributed by atoms with Crippen LogP contribution in [0.4, 0.5) is 14.5 Å². The number of rotatable bonds is 4. The summed E-state index contributed by atoms with van der Waals surface area (Å²) in [6.07, 6.45) is 2.41. The van der Waals surface area contributed by atoms with Crippen LogP contribution >= 0.6 is 15.9 Å². The number of hydrogen-bond acceptors (Lipinski definition) is 1. The van der Waals surface area contributed by atoms with Gasteiger partial charge in [-0.3, -0.25) is 0 Å². The van der Waals surface area contributed by atoms with Crippen LogP contribution in [0.5, 0.6) is 0 Å². The van der Waals surface area contributed by atoms with Crippen LogP contribution in [-0.4, -0.2) is 6.54 Å². The van der Waals surface area contributed by atoms with Crippen molar-refractivity contribution in [2.75, 3.05) is 11.9 Å². The van der Waals surface area contributed by atoms with Crippen LogP contribution < -0.4 is 5.32 Å². The number of nitrogens with one attached hydrogen (secondary N) is 1. The maximum absolute atomic E-state index is 13.2. The molecule has 1 nitrogen and oxygen atoms in total. The Balaban J connectivity index is 2.76. The molecule has 0 radical (unpaired) electrons. The molecule has 0 saturated heterocycles. The highest BCUT2D eigenvalue weighted by atomic mass is 79.9. The van der Waals surface area contributed by atoms with E-state index in [4.69, 9.17) is 0 Å². The quantitative estimate of drug-likeness (QED) is 0.495. The lowest BCUT2D eigenvalue weighted by Gasteiger charge is -2.06. The van der Waals surface area contributed by atoms with Crippen molar-refractivity contribution in [2.24, 2.45) is 0 Å². The Labute approximate surface area is 90.0 Å². The molecule has 0 aliphatic heterocycles. The van der Waals surface area contributed by atoms with Crippen LogP contribution in [-0.2, 0) is 0 Å². The van der Waals surface area contributed by atoms with Gasteiger partial charge in [-0.2, -0.15) is 0 Å². The first kappa shape index (κ1) is 11.2. The maximum atomic E-state index is 13.2. The molecule has 1 aromatic rings. The smallest absolute Gasteiger partial charge is 0.147 e. The molecule has 0 amide bonds. The van der Waals surface area contributed by atoms with Gasteiger partial charge in [-0.25, -0.2) is 8.78 Å². The van der Waals surface area contributed by atoms with Crippen LogP contribution in [0.2, 0.25) is 0 Å². The molecule has 0 spiro atoms. The summed E-state index contributed by atoms with van der Waals surface area (Å²) in [5, 5.41) is 2.77. The van der Waals surface area contributed by atoms with Crippen molar-refractivity contribution in [3.63, 3.8) is 0 Å². The zero-order chi connectivity index (χ0) is 10.6. The number of hydrogen-bond donors (Lipinski definition) is 1. The molecule has 0 aliphatic rings.